The molecule has 1 saturated heterocycles. The van der Waals surface area contributed by atoms with Crippen LogP contribution in [0.1, 0.15) is 118 Å². The maximum Gasteiger partial charge on any atom is 0.316 e. The van der Waals surface area contributed by atoms with Gasteiger partial charge in [0, 0.05) is 13.1 Å². The Bertz CT molecular complexity index is 1290. The van der Waals surface area contributed by atoms with Crippen molar-refractivity contribution in [1.82, 2.24) is 26.2 Å². The predicted octanol–water partition coefficient (Wildman–Crippen LogP) is 4.10. The van der Waals surface area contributed by atoms with Gasteiger partial charge in [-0.25, -0.2) is 4.79 Å². The van der Waals surface area contributed by atoms with Crippen LogP contribution in [-0.2, 0) is 30.5 Å². The number of ketones is 1. The lowest BCUT2D eigenvalue weighted by atomic mass is 9.80. The highest BCUT2D eigenvalue weighted by Crippen LogP contribution is 2.34. The second-order valence-corrected chi connectivity index (χ2v) is 14.6. The van der Waals surface area contributed by atoms with Crippen molar-refractivity contribution in [3.63, 3.8) is 0 Å². The molecule has 1 aromatic carbocycles. The Morgan fingerprint density at radius 3 is 2.08 bits per heavy atom. The zero-order valence-corrected chi connectivity index (χ0v) is 29.4. The average molecular weight is 685 g/mol. The van der Waals surface area contributed by atoms with Gasteiger partial charge >= 0.3 is 6.03 Å². The number of nitrogens with two attached hydrogens (primary N) is 1. The Labute approximate surface area is 292 Å². The highest BCUT2D eigenvalue weighted by atomic mass is 16.2. The number of carbonyl (C=O) groups is 6. The zero-order valence-electron chi connectivity index (χ0n) is 29.4. The second kappa shape index (κ2) is 18.7. The molecule has 12 nitrogen and oxygen atoms in total. The van der Waals surface area contributed by atoms with E-state index in [0.717, 1.165) is 37.7 Å². The van der Waals surface area contributed by atoms with Crippen molar-refractivity contribution in [2.75, 3.05) is 6.54 Å². The van der Waals surface area contributed by atoms with Gasteiger partial charge in [0.25, 0.3) is 5.91 Å². The van der Waals surface area contributed by atoms with Gasteiger partial charge in [-0.3, -0.25) is 24.0 Å². The molecule has 0 bridgehead atoms. The number of urea groups is 1. The van der Waals surface area contributed by atoms with Crippen LogP contribution in [0.2, 0.25) is 0 Å². The maximum atomic E-state index is 14.0. The van der Waals surface area contributed by atoms with E-state index in [2.05, 4.69) is 35.1 Å². The molecule has 0 spiro atoms. The van der Waals surface area contributed by atoms with Gasteiger partial charge in [-0.05, 0) is 49.0 Å². The quantitative estimate of drug-likeness (QED) is 0.207. The van der Waals surface area contributed by atoms with Gasteiger partial charge in [0.05, 0.1) is 6.04 Å². The van der Waals surface area contributed by atoms with Gasteiger partial charge in [-0.2, -0.15) is 0 Å². The number of primary amides is 1. The molecule has 12 heteroatoms. The summed E-state index contributed by atoms with van der Waals surface area (Å²) in [6, 6.07) is 6.02. The lowest BCUT2D eigenvalue weighted by Gasteiger charge is -2.39. The fourth-order valence-corrected chi connectivity index (χ4v) is 6.37. The van der Waals surface area contributed by atoms with Crippen LogP contribution in [0.15, 0.2) is 30.3 Å². The number of nitrogens with one attached hydrogen (secondary N) is 4. The summed E-state index contributed by atoms with van der Waals surface area (Å²) in [6.45, 7) is 10.3. The molecular weight excluding hydrogens is 624 g/mol. The molecular formula is C37H60N6O6. The molecule has 3 unspecified atom stereocenters. The smallest absolute Gasteiger partial charge is 0.316 e. The molecule has 6 amide bonds. The topological polar surface area (TPSA) is 180 Å². The number of hydrogen-bond acceptors (Lipinski definition) is 6. The first-order valence-corrected chi connectivity index (χ1v) is 17.6. The molecule has 0 radical (unpaired) electrons. The molecule has 274 valence electrons. The zero-order chi connectivity index (χ0) is 35.5. The van der Waals surface area contributed by atoms with E-state index in [1.54, 1.807) is 0 Å². The molecule has 1 heterocycles. The van der Waals surface area contributed by atoms with E-state index >= 15 is 0 Å². The molecule has 0 aromatic heterocycles. The fourth-order valence-electron chi connectivity index (χ4n) is 6.37. The third kappa shape index (κ3) is 11.9. The molecule has 3 atom stereocenters. The van der Waals surface area contributed by atoms with Crippen LogP contribution >= 0.6 is 0 Å². The molecule has 3 aliphatic rings. The number of likely N-dealkylation sites (tertiary alicyclic amines) is 1. The Kier molecular flexibility index (Phi) is 15.7. The van der Waals surface area contributed by atoms with E-state index in [9.17, 15) is 28.8 Å². The van der Waals surface area contributed by atoms with E-state index in [0.29, 0.717) is 45.2 Å². The largest absolute Gasteiger partial charge is 0.363 e. The van der Waals surface area contributed by atoms with E-state index in [4.69, 9.17) is 5.73 Å². The summed E-state index contributed by atoms with van der Waals surface area (Å²) >= 11 is 0. The molecule has 1 aliphatic heterocycles. The number of nitrogens with zero attached hydrogens (tertiary/aromatic N) is 1. The van der Waals surface area contributed by atoms with Crippen LogP contribution in [0, 0.1) is 11.3 Å². The van der Waals surface area contributed by atoms with Crippen molar-refractivity contribution >= 4 is 35.4 Å². The van der Waals surface area contributed by atoms with Gasteiger partial charge in [0.1, 0.15) is 17.6 Å². The van der Waals surface area contributed by atoms with Gasteiger partial charge in [-0.15, -0.1) is 0 Å². The fraction of sp³-hybridized carbons (Fsp3) is 0.676. The summed E-state index contributed by atoms with van der Waals surface area (Å²) in [5.41, 5.74) is 4.34. The predicted molar refractivity (Wildman–Crippen MR) is 190 cm³/mol. The minimum Gasteiger partial charge on any atom is -0.363 e. The number of benzene rings is 1. The lowest BCUT2D eigenvalue weighted by Crippen LogP contribution is -2.65. The van der Waals surface area contributed by atoms with Gasteiger partial charge in [-0.1, -0.05) is 111 Å². The first-order valence-electron chi connectivity index (χ1n) is 17.6. The average Bonchev–Trinajstić information content (AvgIpc) is 3.73. The van der Waals surface area contributed by atoms with Crippen molar-refractivity contribution in [3.8, 4) is 0 Å². The van der Waals surface area contributed by atoms with E-state index in [1.165, 1.54) is 11.3 Å². The summed E-state index contributed by atoms with van der Waals surface area (Å²) in [4.78, 5) is 79.9. The highest BCUT2D eigenvalue weighted by molar-refractivity contribution is 6.37. The van der Waals surface area contributed by atoms with Crippen LogP contribution < -0.4 is 27.0 Å². The maximum absolute atomic E-state index is 14.0. The summed E-state index contributed by atoms with van der Waals surface area (Å²) in [5.74, 6) is -2.91. The standard InChI is InChI=1S/C33H48N6O6.C3H8.CH4/c1-32(2,3)26(29(43)39-18-10-13-24(39)28(42)36-23(19-21-14-15-21)25(40)27(34)41)37-31(45)38-33(16-8-5-9-17-33)30(44)35-20-22-11-6-4-7-12-22;1-3-2;/h4,6-7,11-12,21,23-24,26H,5,8-10,13-20H2,1-3H3,(H2,34,41)(H,35,44)(H,36,42)(H2,37,38,45);3H2,1-2H3;1H4. The third-order valence-electron chi connectivity index (χ3n) is 9.16. The molecule has 2 saturated carbocycles. The third-order valence-corrected chi connectivity index (χ3v) is 9.16. The summed E-state index contributed by atoms with van der Waals surface area (Å²) in [5, 5.41) is 11.4. The Morgan fingerprint density at radius 1 is 0.918 bits per heavy atom. The Hall–Kier alpha value is -3.96. The van der Waals surface area contributed by atoms with Crippen molar-refractivity contribution < 1.29 is 28.8 Å². The number of amides is 6. The van der Waals surface area contributed by atoms with Crippen LogP contribution in [0.5, 0.6) is 0 Å². The van der Waals surface area contributed by atoms with Gasteiger partial charge in [0.2, 0.25) is 23.5 Å². The molecule has 4 rings (SSSR count). The van der Waals surface area contributed by atoms with Crippen LogP contribution in [0.25, 0.3) is 0 Å². The molecule has 49 heavy (non-hydrogen) atoms. The Balaban J connectivity index is 0.00000201. The summed E-state index contributed by atoms with van der Waals surface area (Å²) in [6.07, 6.45) is 7.86. The van der Waals surface area contributed by atoms with Gasteiger partial charge < -0.3 is 31.9 Å². The minimum absolute atomic E-state index is 0. The number of hydrogen-bond donors (Lipinski definition) is 5. The first kappa shape index (κ1) is 41.2. The van der Waals surface area contributed by atoms with Crippen LogP contribution in [-0.4, -0.2) is 70.6 Å². The molecule has 1 aromatic rings. The van der Waals surface area contributed by atoms with Crippen molar-refractivity contribution in [1.29, 1.82) is 0 Å². The number of rotatable bonds is 12. The first-order chi connectivity index (χ1) is 22.7. The molecule has 3 fully saturated rings. The highest BCUT2D eigenvalue weighted by Gasteiger charge is 2.45. The minimum atomic E-state index is -1.11. The SMILES string of the molecule is C.CC(C)(C)C(NC(=O)NC1(C(=O)NCc2ccccc2)CCCCC1)C(=O)N1CCCC1C(=O)NC(CC1CC1)C(=O)C(N)=O.CCC. The van der Waals surface area contributed by atoms with Crippen molar-refractivity contribution in [2.24, 2.45) is 17.1 Å². The number of Topliss-reactive ketones (excluding diaryl/α,β-unsaturated/α-hetero) is 1. The Morgan fingerprint density at radius 2 is 1.53 bits per heavy atom. The molecule has 2 aliphatic carbocycles. The lowest BCUT2D eigenvalue weighted by molar-refractivity contribution is -0.143. The normalized spacial score (nSPS) is 19.4. The van der Waals surface area contributed by atoms with Crippen LogP contribution in [0.3, 0.4) is 0 Å². The summed E-state index contributed by atoms with van der Waals surface area (Å²) in [7, 11) is 0. The van der Waals surface area contributed by atoms with Crippen LogP contribution in [0.4, 0.5) is 4.79 Å². The monoisotopic (exact) mass is 684 g/mol. The van der Waals surface area contributed by atoms with Crippen molar-refractivity contribution in [2.45, 2.75) is 143 Å². The van der Waals surface area contributed by atoms with E-state index in [1.807, 2.05) is 51.1 Å². The molecule has 6 N–H and O–H groups in total. The van der Waals surface area contributed by atoms with E-state index < -0.39 is 58.6 Å². The van der Waals surface area contributed by atoms with Gasteiger partial charge in [0.15, 0.2) is 0 Å². The van der Waals surface area contributed by atoms with E-state index in [-0.39, 0.29) is 19.3 Å². The number of carbonyl (C=O) groups excluding carboxylic acids is 6. The van der Waals surface area contributed by atoms with Crippen molar-refractivity contribution in [3.05, 3.63) is 35.9 Å². The summed E-state index contributed by atoms with van der Waals surface area (Å²) < 4.78 is 0. The second-order valence-electron chi connectivity index (χ2n) is 14.6.